The summed E-state index contributed by atoms with van der Waals surface area (Å²) in [5.41, 5.74) is 18.9. The highest BCUT2D eigenvalue weighted by Gasteiger charge is 2.51. The van der Waals surface area contributed by atoms with Crippen LogP contribution in [-0.4, -0.2) is 9.55 Å². The predicted octanol–water partition coefficient (Wildman–Crippen LogP) is 15.8. The summed E-state index contributed by atoms with van der Waals surface area (Å²) in [6.45, 7) is 4.82. The van der Waals surface area contributed by atoms with Gasteiger partial charge in [-0.2, -0.15) is 0 Å². The van der Waals surface area contributed by atoms with Gasteiger partial charge >= 0.3 is 0 Å². The van der Waals surface area contributed by atoms with Crippen LogP contribution in [0, 0.1) is 17.8 Å². The molecule has 0 saturated heterocycles. The molecule has 0 atom stereocenters. The van der Waals surface area contributed by atoms with E-state index in [1.807, 2.05) is 12.3 Å². The second kappa shape index (κ2) is 13.9. The number of hydrogen-bond acceptors (Lipinski definition) is 2. The Balaban J connectivity index is 0.862. The Morgan fingerprint density at radius 2 is 1.03 bits per heavy atom. The molecule has 3 nitrogen and oxygen atoms in total. The SMILES string of the molecule is CC1(C)c2cc(-c3ccc(C45CC6CC(CC(C6)C4)C5)cc3)ccc2-c2ccc(N(c3ccc(-c4ccccc4)cc3)c3ccc(-n4c5ccccc5c5cccnc54)cc3)cc21. The van der Waals surface area contributed by atoms with Crippen LogP contribution in [0.15, 0.2) is 182 Å². The molecule has 14 rings (SSSR count). The molecule has 5 aliphatic rings. The van der Waals surface area contributed by atoms with Crippen molar-refractivity contribution in [1.29, 1.82) is 0 Å². The summed E-state index contributed by atoms with van der Waals surface area (Å²) in [7, 11) is 0. The van der Waals surface area contributed by atoms with E-state index in [2.05, 4.69) is 193 Å². The van der Waals surface area contributed by atoms with Crippen molar-refractivity contribution < 1.29 is 0 Å². The summed E-state index contributed by atoms with van der Waals surface area (Å²) in [4.78, 5) is 7.27. The first-order chi connectivity index (χ1) is 30.9. The minimum atomic E-state index is -0.175. The number of benzene rings is 7. The van der Waals surface area contributed by atoms with Crippen molar-refractivity contribution >= 4 is 39.0 Å². The van der Waals surface area contributed by atoms with Crippen molar-refractivity contribution in [2.75, 3.05) is 4.90 Å². The molecule has 0 radical (unpaired) electrons. The monoisotopic (exact) mass is 813 g/mol. The lowest BCUT2D eigenvalue weighted by Crippen LogP contribution is -2.48. The van der Waals surface area contributed by atoms with E-state index >= 15 is 0 Å². The van der Waals surface area contributed by atoms with E-state index in [1.165, 1.54) is 88.4 Å². The summed E-state index contributed by atoms with van der Waals surface area (Å²) < 4.78 is 2.29. The smallest absolute Gasteiger partial charge is 0.145 e. The van der Waals surface area contributed by atoms with Gasteiger partial charge in [0.25, 0.3) is 0 Å². The third-order valence-corrected chi connectivity index (χ3v) is 15.8. The van der Waals surface area contributed by atoms with Crippen LogP contribution in [-0.2, 0) is 10.8 Å². The number of aromatic nitrogens is 2. The average Bonchev–Trinajstić information content (AvgIpc) is 3.77. The second-order valence-corrected chi connectivity index (χ2v) is 19.9. The molecule has 4 bridgehead atoms. The van der Waals surface area contributed by atoms with Crippen molar-refractivity contribution in [3.63, 3.8) is 0 Å². The molecule has 4 fully saturated rings. The van der Waals surface area contributed by atoms with Gasteiger partial charge in [0.1, 0.15) is 5.65 Å². The number of rotatable bonds is 7. The maximum absolute atomic E-state index is 4.85. The van der Waals surface area contributed by atoms with Crippen LogP contribution in [0.4, 0.5) is 17.1 Å². The van der Waals surface area contributed by atoms with Gasteiger partial charge in [-0.3, -0.25) is 4.57 Å². The maximum Gasteiger partial charge on any atom is 0.145 e. The molecule has 9 aromatic rings. The van der Waals surface area contributed by atoms with Crippen LogP contribution >= 0.6 is 0 Å². The minimum Gasteiger partial charge on any atom is -0.310 e. The van der Waals surface area contributed by atoms with E-state index in [4.69, 9.17) is 4.98 Å². The molecule has 0 N–H and O–H groups in total. The largest absolute Gasteiger partial charge is 0.310 e. The molecule has 63 heavy (non-hydrogen) atoms. The van der Waals surface area contributed by atoms with Gasteiger partial charge in [0.2, 0.25) is 0 Å². The molecule has 5 aliphatic carbocycles. The van der Waals surface area contributed by atoms with Gasteiger partial charge in [0.05, 0.1) is 5.52 Å². The number of nitrogens with zero attached hydrogens (tertiary/aromatic N) is 3. The van der Waals surface area contributed by atoms with Crippen LogP contribution < -0.4 is 4.90 Å². The highest BCUT2D eigenvalue weighted by atomic mass is 15.1. The summed E-state index contributed by atoms with van der Waals surface area (Å²) >= 11 is 0. The first-order valence-electron chi connectivity index (χ1n) is 23.2. The van der Waals surface area contributed by atoms with Crippen LogP contribution in [0.1, 0.15) is 69.1 Å². The lowest BCUT2D eigenvalue weighted by atomic mass is 9.48. The molecule has 0 spiro atoms. The van der Waals surface area contributed by atoms with Crippen LogP contribution in [0.2, 0.25) is 0 Å². The van der Waals surface area contributed by atoms with E-state index in [-0.39, 0.29) is 5.41 Å². The third kappa shape index (κ3) is 5.82. The van der Waals surface area contributed by atoms with E-state index in [0.29, 0.717) is 5.41 Å². The molecular weight excluding hydrogens is 763 g/mol. The topological polar surface area (TPSA) is 21.1 Å². The Kier molecular flexibility index (Phi) is 8.14. The number of fused-ring (bicyclic) bond motifs is 6. The Morgan fingerprint density at radius 1 is 0.492 bits per heavy atom. The molecule has 0 amide bonds. The first kappa shape index (κ1) is 36.9. The number of hydrogen-bond donors (Lipinski definition) is 0. The maximum atomic E-state index is 4.85. The zero-order chi connectivity index (χ0) is 41.9. The normalized spacial score (nSPS) is 21.5. The molecule has 3 heteroatoms. The second-order valence-electron chi connectivity index (χ2n) is 19.9. The summed E-state index contributed by atoms with van der Waals surface area (Å²) in [6.07, 6.45) is 10.6. The van der Waals surface area contributed by atoms with Gasteiger partial charge in [-0.1, -0.05) is 117 Å². The Labute approximate surface area is 370 Å². The van der Waals surface area contributed by atoms with Gasteiger partial charge in [-0.05, 0) is 185 Å². The van der Waals surface area contributed by atoms with Gasteiger partial charge in [0.15, 0.2) is 0 Å². The molecule has 4 saturated carbocycles. The molecule has 2 aromatic heterocycles. The Morgan fingerprint density at radius 3 is 1.75 bits per heavy atom. The molecule has 7 aromatic carbocycles. The molecule has 0 aliphatic heterocycles. The molecule has 306 valence electrons. The van der Waals surface area contributed by atoms with Crippen LogP contribution in [0.3, 0.4) is 0 Å². The van der Waals surface area contributed by atoms with Crippen LogP contribution in [0.5, 0.6) is 0 Å². The van der Waals surface area contributed by atoms with Crippen molar-refractivity contribution in [3.8, 4) is 39.1 Å². The number of para-hydroxylation sites is 1. The minimum absolute atomic E-state index is 0.175. The van der Waals surface area contributed by atoms with Gasteiger partial charge in [-0.15, -0.1) is 0 Å². The summed E-state index contributed by atoms with van der Waals surface area (Å²) in [6, 6.07) is 65.7. The average molecular weight is 814 g/mol. The van der Waals surface area contributed by atoms with Crippen molar-refractivity contribution in [3.05, 3.63) is 199 Å². The fourth-order valence-electron chi connectivity index (χ4n) is 13.2. The van der Waals surface area contributed by atoms with Gasteiger partial charge in [-0.25, -0.2) is 4.98 Å². The Bertz CT molecular complexity index is 3120. The standard InChI is InChI=1S/C60H51N3/c1-59(2)55-34-45(44-14-19-46(20-15-44)60-36-39-31-40(37-60)33-41(32-39)38-60)18-28-51(55)52-29-27-50(35-56(52)59)62(47-21-16-43(17-22-47)42-9-4-3-5-10-42)48-23-25-49(26-24-48)63-57-13-7-6-11-53(57)54-12-8-30-61-58(54)63/h3-30,34-35,39-41H,31-33,36-38H2,1-2H3. The third-order valence-electron chi connectivity index (χ3n) is 15.8. The van der Waals surface area contributed by atoms with Crippen LogP contribution in [0.25, 0.3) is 61.0 Å². The zero-order valence-corrected chi connectivity index (χ0v) is 36.1. The quantitative estimate of drug-likeness (QED) is 0.160. The summed E-state index contributed by atoms with van der Waals surface area (Å²) in [5, 5.41) is 2.38. The highest BCUT2D eigenvalue weighted by molar-refractivity contribution is 6.07. The predicted molar refractivity (Wildman–Crippen MR) is 262 cm³/mol. The first-order valence-corrected chi connectivity index (χ1v) is 23.2. The Hall–Kier alpha value is -6.71. The van der Waals surface area contributed by atoms with Crippen molar-refractivity contribution in [1.82, 2.24) is 9.55 Å². The molecule has 2 heterocycles. The molecule has 0 unspecified atom stereocenters. The number of pyridine rings is 1. The van der Waals surface area contributed by atoms with Crippen molar-refractivity contribution in [2.24, 2.45) is 17.8 Å². The fraction of sp³-hybridized carbons (Fsp3) is 0.217. The lowest BCUT2D eigenvalue weighted by molar-refractivity contribution is -0.00518. The van der Waals surface area contributed by atoms with Gasteiger partial charge < -0.3 is 4.90 Å². The summed E-state index contributed by atoms with van der Waals surface area (Å²) in [5.74, 6) is 2.87. The number of anilines is 3. The lowest BCUT2D eigenvalue weighted by Gasteiger charge is -2.57. The van der Waals surface area contributed by atoms with E-state index in [9.17, 15) is 0 Å². The molecular formula is C60H51N3. The van der Waals surface area contributed by atoms with Crippen molar-refractivity contribution in [2.45, 2.75) is 63.2 Å². The zero-order valence-electron chi connectivity index (χ0n) is 36.1. The van der Waals surface area contributed by atoms with E-state index in [1.54, 1.807) is 5.56 Å². The van der Waals surface area contributed by atoms with E-state index in [0.717, 1.165) is 57.1 Å². The highest BCUT2D eigenvalue weighted by Crippen LogP contribution is 2.61. The van der Waals surface area contributed by atoms with E-state index < -0.39 is 0 Å². The van der Waals surface area contributed by atoms with Gasteiger partial charge in [0, 0.05) is 45.1 Å². The fourth-order valence-corrected chi connectivity index (χ4v) is 13.2.